The standard InChI is InChI=1S/C45H91/c1-4-6-8-10-12-14-16-18-19-20-21-22-23-24-25-26-27-28-29-30-32-34-36-38-40-42-44-45(3)43-41-39-37-35-33-31-17-15-13-11-9-7-5-2/h44-45H,4-43H2,1-3H3. The van der Waals surface area contributed by atoms with Crippen molar-refractivity contribution in [3.8, 4) is 0 Å². The van der Waals surface area contributed by atoms with Crippen molar-refractivity contribution in [1.29, 1.82) is 0 Å². The smallest absolute Gasteiger partial charge is 0.0358 e. The Labute approximate surface area is 289 Å². The lowest BCUT2D eigenvalue weighted by Gasteiger charge is -2.11. The average molecular weight is 632 g/mol. The van der Waals surface area contributed by atoms with Gasteiger partial charge in [-0.25, -0.2) is 0 Å². The van der Waals surface area contributed by atoms with E-state index >= 15 is 0 Å². The molecule has 0 bridgehead atoms. The number of rotatable bonds is 41. The SMILES string of the molecule is CCCCCCCCCCCCCCCCCCCCCCCCCCC[CH]C(C)CCCCCCCCCCCCCCC. The Kier molecular flexibility index (Phi) is 42.0. The molecule has 0 saturated carbocycles. The molecule has 0 fully saturated rings. The summed E-state index contributed by atoms with van der Waals surface area (Å²) in [6, 6.07) is 0. The minimum atomic E-state index is 0.840. The van der Waals surface area contributed by atoms with Gasteiger partial charge in [0.15, 0.2) is 0 Å². The Morgan fingerprint density at radius 2 is 0.467 bits per heavy atom. The summed E-state index contributed by atoms with van der Waals surface area (Å²) in [6.07, 6.45) is 61.4. The van der Waals surface area contributed by atoms with Crippen molar-refractivity contribution in [2.24, 2.45) is 5.92 Å². The lowest BCUT2D eigenvalue weighted by Crippen LogP contribution is -1.96. The largest absolute Gasteiger partial charge is 0.0654 e. The average Bonchev–Trinajstić information content (AvgIpc) is 3.05. The fraction of sp³-hybridized carbons (Fsp3) is 0.978. The lowest BCUT2D eigenvalue weighted by molar-refractivity contribution is 0.495. The fourth-order valence-electron chi connectivity index (χ4n) is 7.29. The highest BCUT2D eigenvalue weighted by Crippen LogP contribution is 2.19. The van der Waals surface area contributed by atoms with E-state index in [1.807, 2.05) is 0 Å². The van der Waals surface area contributed by atoms with Crippen LogP contribution >= 0.6 is 0 Å². The van der Waals surface area contributed by atoms with Crippen molar-refractivity contribution in [1.82, 2.24) is 0 Å². The highest BCUT2D eigenvalue weighted by Gasteiger charge is 2.03. The first-order valence-electron chi connectivity index (χ1n) is 22.1. The molecule has 271 valence electrons. The third-order valence-electron chi connectivity index (χ3n) is 10.6. The molecule has 0 aromatic rings. The van der Waals surface area contributed by atoms with Gasteiger partial charge in [0.25, 0.3) is 0 Å². The summed E-state index contributed by atoms with van der Waals surface area (Å²) in [4.78, 5) is 0. The van der Waals surface area contributed by atoms with E-state index in [0.29, 0.717) is 0 Å². The zero-order valence-electron chi connectivity index (χ0n) is 32.4. The van der Waals surface area contributed by atoms with Crippen LogP contribution < -0.4 is 0 Å². The van der Waals surface area contributed by atoms with Crippen LogP contribution in [0.1, 0.15) is 278 Å². The fourth-order valence-corrected chi connectivity index (χ4v) is 7.29. The first-order chi connectivity index (χ1) is 22.3. The van der Waals surface area contributed by atoms with E-state index in [9.17, 15) is 0 Å². The van der Waals surface area contributed by atoms with Crippen molar-refractivity contribution in [3.05, 3.63) is 6.42 Å². The normalized spacial score (nSPS) is 12.3. The quantitative estimate of drug-likeness (QED) is 0.0589. The first-order valence-corrected chi connectivity index (χ1v) is 22.1. The maximum Gasteiger partial charge on any atom is -0.0358 e. The van der Waals surface area contributed by atoms with Crippen LogP contribution in [-0.2, 0) is 0 Å². The van der Waals surface area contributed by atoms with Gasteiger partial charge in [0.1, 0.15) is 0 Å². The van der Waals surface area contributed by atoms with Gasteiger partial charge >= 0.3 is 0 Å². The van der Waals surface area contributed by atoms with Gasteiger partial charge in [-0.2, -0.15) is 0 Å². The second-order valence-corrected chi connectivity index (χ2v) is 15.5. The van der Waals surface area contributed by atoms with Gasteiger partial charge < -0.3 is 0 Å². The molecule has 1 unspecified atom stereocenters. The van der Waals surface area contributed by atoms with Crippen molar-refractivity contribution >= 4 is 0 Å². The molecular formula is C45H91. The molecule has 0 aliphatic carbocycles. The van der Waals surface area contributed by atoms with Crippen LogP contribution in [0.3, 0.4) is 0 Å². The van der Waals surface area contributed by atoms with Crippen LogP contribution in [0.2, 0.25) is 0 Å². The van der Waals surface area contributed by atoms with E-state index in [4.69, 9.17) is 0 Å². The summed E-state index contributed by atoms with van der Waals surface area (Å²) >= 11 is 0. The van der Waals surface area contributed by atoms with Crippen molar-refractivity contribution in [3.63, 3.8) is 0 Å². The Hall–Kier alpha value is 0. The molecule has 1 atom stereocenters. The summed E-state index contributed by atoms with van der Waals surface area (Å²) in [5, 5.41) is 0. The minimum absolute atomic E-state index is 0.840. The Balaban J connectivity index is 3.12. The van der Waals surface area contributed by atoms with Gasteiger partial charge in [0.05, 0.1) is 0 Å². The van der Waals surface area contributed by atoms with Crippen LogP contribution in [0.4, 0.5) is 0 Å². The maximum atomic E-state index is 2.64. The molecule has 0 aliphatic heterocycles. The monoisotopic (exact) mass is 632 g/mol. The molecule has 45 heavy (non-hydrogen) atoms. The molecule has 0 spiro atoms. The van der Waals surface area contributed by atoms with Crippen LogP contribution in [0.25, 0.3) is 0 Å². The number of hydrogen-bond acceptors (Lipinski definition) is 0. The summed E-state index contributed by atoms with van der Waals surface area (Å²) in [5.41, 5.74) is 0. The summed E-state index contributed by atoms with van der Waals surface area (Å²) in [5.74, 6) is 0.840. The molecule has 0 heterocycles. The van der Waals surface area contributed by atoms with Gasteiger partial charge in [-0.3, -0.25) is 0 Å². The second kappa shape index (κ2) is 42.0. The maximum absolute atomic E-state index is 2.64. The van der Waals surface area contributed by atoms with Gasteiger partial charge in [-0.1, -0.05) is 271 Å². The van der Waals surface area contributed by atoms with Gasteiger partial charge in [0, 0.05) is 0 Å². The van der Waals surface area contributed by atoms with Crippen molar-refractivity contribution in [2.45, 2.75) is 278 Å². The molecule has 0 rings (SSSR count). The van der Waals surface area contributed by atoms with Gasteiger partial charge in [-0.15, -0.1) is 0 Å². The highest BCUT2D eigenvalue weighted by atomic mass is 14.1. The topological polar surface area (TPSA) is 0 Å². The summed E-state index contributed by atoms with van der Waals surface area (Å²) in [7, 11) is 0. The first kappa shape index (κ1) is 45.0. The third kappa shape index (κ3) is 42.0. The predicted molar refractivity (Wildman–Crippen MR) is 209 cm³/mol. The minimum Gasteiger partial charge on any atom is -0.0654 e. The number of unbranched alkanes of at least 4 members (excludes halogenated alkanes) is 37. The summed E-state index contributed by atoms with van der Waals surface area (Å²) in [6.45, 7) is 7.08. The lowest BCUT2D eigenvalue weighted by atomic mass is 9.95. The molecule has 0 nitrogen and oxygen atoms in total. The molecule has 0 saturated heterocycles. The zero-order chi connectivity index (χ0) is 32.6. The van der Waals surface area contributed by atoms with Crippen LogP contribution in [0.5, 0.6) is 0 Å². The van der Waals surface area contributed by atoms with E-state index in [1.165, 1.54) is 257 Å². The van der Waals surface area contributed by atoms with E-state index in [2.05, 4.69) is 27.2 Å². The van der Waals surface area contributed by atoms with E-state index in [-0.39, 0.29) is 0 Å². The van der Waals surface area contributed by atoms with Crippen LogP contribution in [-0.4, -0.2) is 0 Å². The Morgan fingerprint density at radius 1 is 0.267 bits per heavy atom. The third-order valence-corrected chi connectivity index (χ3v) is 10.6. The van der Waals surface area contributed by atoms with Gasteiger partial charge in [0.2, 0.25) is 0 Å². The van der Waals surface area contributed by atoms with Crippen molar-refractivity contribution in [2.75, 3.05) is 0 Å². The molecule has 0 aliphatic rings. The second-order valence-electron chi connectivity index (χ2n) is 15.5. The molecule has 0 heteroatoms. The molecule has 0 aromatic heterocycles. The van der Waals surface area contributed by atoms with E-state index < -0.39 is 0 Å². The van der Waals surface area contributed by atoms with E-state index in [0.717, 1.165) is 5.92 Å². The molecular weight excluding hydrogens is 540 g/mol. The molecule has 1 radical (unpaired) electrons. The van der Waals surface area contributed by atoms with Crippen LogP contribution in [0.15, 0.2) is 0 Å². The summed E-state index contributed by atoms with van der Waals surface area (Å²) < 4.78 is 0. The zero-order valence-corrected chi connectivity index (χ0v) is 32.4. The van der Waals surface area contributed by atoms with Gasteiger partial charge in [-0.05, 0) is 18.8 Å². The van der Waals surface area contributed by atoms with E-state index in [1.54, 1.807) is 0 Å². The Bertz CT molecular complexity index is 480. The van der Waals surface area contributed by atoms with Crippen molar-refractivity contribution < 1.29 is 0 Å². The molecule has 0 amide bonds. The molecule has 0 N–H and O–H groups in total. The number of hydrogen-bond donors (Lipinski definition) is 0. The predicted octanol–water partition coefficient (Wildman–Crippen LogP) is 17.5. The Morgan fingerprint density at radius 3 is 0.711 bits per heavy atom. The molecule has 0 aromatic carbocycles. The van der Waals surface area contributed by atoms with Crippen LogP contribution in [0, 0.1) is 12.3 Å². The highest BCUT2D eigenvalue weighted by molar-refractivity contribution is 4.72.